The van der Waals surface area contributed by atoms with Crippen LogP contribution in [0.25, 0.3) is 0 Å². The zero-order valence-electron chi connectivity index (χ0n) is 9.12. The molecule has 0 spiro atoms. The Morgan fingerprint density at radius 1 is 1.53 bits per heavy atom. The molecule has 1 rings (SSSR count). The molecule has 17 heavy (non-hydrogen) atoms. The summed E-state index contributed by atoms with van der Waals surface area (Å²) < 4.78 is 4.95. The summed E-state index contributed by atoms with van der Waals surface area (Å²) in [4.78, 5) is 20.8. The average molecular weight is 234 g/mol. The van der Waals surface area contributed by atoms with Crippen molar-refractivity contribution in [3.63, 3.8) is 0 Å². The zero-order valence-corrected chi connectivity index (χ0v) is 9.12. The first-order valence-electron chi connectivity index (χ1n) is 4.83. The number of nitro benzene ring substituents is 1. The van der Waals surface area contributed by atoms with Gasteiger partial charge in [0, 0.05) is 19.1 Å². The molecule has 0 amide bonds. The van der Waals surface area contributed by atoms with Crippen molar-refractivity contribution in [2.45, 2.75) is 19.4 Å². The first-order chi connectivity index (χ1) is 8.04. The van der Waals surface area contributed by atoms with Crippen LogP contribution in [0.3, 0.4) is 0 Å². The maximum atomic E-state index is 10.8. The Hall–Kier alpha value is -2.42. The van der Waals surface area contributed by atoms with Gasteiger partial charge in [-0.25, -0.2) is 0 Å². The van der Waals surface area contributed by atoms with Gasteiger partial charge in [0.05, 0.1) is 17.4 Å². The molecule has 0 bridgehead atoms. The lowest BCUT2D eigenvalue weighted by Gasteiger charge is -2.13. The summed E-state index contributed by atoms with van der Waals surface area (Å²) in [5, 5.41) is 19.1. The quantitative estimate of drug-likeness (QED) is 0.451. The van der Waals surface area contributed by atoms with Gasteiger partial charge in [-0.05, 0) is 17.7 Å². The second-order valence-corrected chi connectivity index (χ2v) is 3.31. The Balaban J connectivity index is 2.91. The van der Waals surface area contributed by atoms with E-state index < -0.39 is 17.0 Å². The molecule has 0 aliphatic carbocycles. The van der Waals surface area contributed by atoms with E-state index in [-0.39, 0.29) is 12.1 Å². The SMILES string of the molecule is CC(=O)O[C@@H](CC#N)c1ccc([N+](=O)[O-])cc1. The minimum absolute atomic E-state index is 0.0113. The molecule has 1 aromatic carbocycles. The van der Waals surface area contributed by atoms with E-state index in [0.717, 1.165) is 0 Å². The standard InChI is InChI=1S/C11H10N2O4/c1-8(14)17-11(6-7-12)9-2-4-10(5-3-9)13(15)16/h2-5,11H,6H2,1H3/t11-/m0/s1. The summed E-state index contributed by atoms with van der Waals surface area (Å²) in [6.45, 7) is 1.25. The average Bonchev–Trinajstić information content (AvgIpc) is 2.28. The number of ether oxygens (including phenoxy) is 1. The maximum Gasteiger partial charge on any atom is 0.303 e. The zero-order chi connectivity index (χ0) is 12.8. The number of benzene rings is 1. The summed E-state index contributed by atoms with van der Waals surface area (Å²) in [6, 6.07) is 7.47. The number of esters is 1. The van der Waals surface area contributed by atoms with Crippen molar-refractivity contribution in [1.29, 1.82) is 5.26 Å². The van der Waals surface area contributed by atoms with Crippen LogP contribution < -0.4 is 0 Å². The molecule has 0 aliphatic heterocycles. The van der Waals surface area contributed by atoms with Crippen molar-refractivity contribution < 1.29 is 14.5 Å². The van der Waals surface area contributed by atoms with E-state index >= 15 is 0 Å². The highest BCUT2D eigenvalue weighted by Crippen LogP contribution is 2.23. The summed E-state index contributed by atoms with van der Waals surface area (Å²) in [7, 11) is 0. The smallest absolute Gasteiger partial charge is 0.303 e. The maximum absolute atomic E-state index is 10.8. The third-order valence-electron chi connectivity index (χ3n) is 2.06. The minimum Gasteiger partial charge on any atom is -0.457 e. The molecule has 0 aromatic heterocycles. The molecular weight excluding hydrogens is 224 g/mol. The third kappa shape index (κ3) is 3.57. The van der Waals surface area contributed by atoms with Gasteiger partial charge in [-0.2, -0.15) is 5.26 Å². The van der Waals surface area contributed by atoms with E-state index in [9.17, 15) is 14.9 Å². The number of non-ortho nitro benzene ring substituents is 1. The molecule has 0 saturated carbocycles. The van der Waals surface area contributed by atoms with Crippen LogP contribution in [-0.2, 0) is 9.53 Å². The Morgan fingerprint density at radius 3 is 2.53 bits per heavy atom. The van der Waals surface area contributed by atoms with Gasteiger partial charge in [-0.15, -0.1) is 0 Å². The second kappa shape index (κ2) is 5.61. The van der Waals surface area contributed by atoms with E-state index in [0.29, 0.717) is 5.56 Å². The van der Waals surface area contributed by atoms with Crippen molar-refractivity contribution in [2.75, 3.05) is 0 Å². The summed E-state index contributed by atoms with van der Waals surface area (Å²) in [6.07, 6.45) is -0.671. The summed E-state index contributed by atoms with van der Waals surface area (Å²) in [5.74, 6) is -0.497. The van der Waals surface area contributed by atoms with Crippen LogP contribution in [0.4, 0.5) is 5.69 Å². The number of hydrogen-bond donors (Lipinski definition) is 0. The number of carbonyl (C=O) groups excluding carboxylic acids is 1. The number of nitrogens with zero attached hydrogens (tertiary/aromatic N) is 2. The molecule has 0 aliphatic rings. The van der Waals surface area contributed by atoms with Crippen LogP contribution in [0.5, 0.6) is 0 Å². The molecule has 0 heterocycles. The van der Waals surface area contributed by atoms with Crippen molar-refractivity contribution in [2.24, 2.45) is 0 Å². The molecule has 0 fully saturated rings. The predicted octanol–water partition coefficient (Wildman–Crippen LogP) is 2.11. The molecule has 1 aromatic rings. The molecule has 6 heteroatoms. The third-order valence-corrected chi connectivity index (χ3v) is 2.06. The fourth-order valence-electron chi connectivity index (χ4n) is 1.32. The van der Waals surface area contributed by atoms with Gasteiger partial charge in [-0.1, -0.05) is 0 Å². The van der Waals surface area contributed by atoms with E-state index in [4.69, 9.17) is 10.00 Å². The van der Waals surface area contributed by atoms with E-state index in [1.54, 1.807) is 0 Å². The molecule has 88 valence electrons. The largest absolute Gasteiger partial charge is 0.457 e. The van der Waals surface area contributed by atoms with E-state index in [1.165, 1.54) is 31.2 Å². The van der Waals surface area contributed by atoms with Crippen molar-refractivity contribution >= 4 is 11.7 Å². The number of nitro groups is 1. The summed E-state index contributed by atoms with van der Waals surface area (Å²) >= 11 is 0. The number of hydrogen-bond acceptors (Lipinski definition) is 5. The van der Waals surface area contributed by atoms with Crippen LogP contribution in [0, 0.1) is 21.4 Å². The Labute approximate surface area is 97.6 Å². The van der Waals surface area contributed by atoms with Gasteiger partial charge in [-0.3, -0.25) is 14.9 Å². The molecular formula is C11H10N2O4. The van der Waals surface area contributed by atoms with E-state index in [1.807, 2.05) is 6.07 Å². The number of carbonyl (C=O) groups is 1. The summed E-state index contributed by atoms with van der Waals surface area (Å²) in [5.41, 5.74) is 0.514. The van der Waals surface area contributed by atoms with Gasteiger partial charge in [0.1, 0.15) is 6.10 Å². The van der Waals surface area contributed by atoms with Gasteiger partial charge in [0.25, 0.3) is 5.69 Å². The lowest BCUT2D eigenvalue weighted by atomic mass is 10.1. The fourth-order valence-corrected chi connectivity index (χ4v) is 1.32. The second-order valence-electron chi connectivity index (χ2n) is 3.31. The normalized spacial score (nSPS) is 11.3. The molecule has 0 saturated heterocycles. The van der Waals surface area contributed by atoms with Crippen LogP contribution in [-0.4, -0.2) is 10.9 Å². The lowest BCUT2D eigenvalue weighted by Crippen LogP contribution is -2.08. The first kappa shape index (κ1) is 12.6. The predicted molar refractivity (Wildman–Crippen MR) is 57.8 cm³/mol. The Kier molecular flexibility index (Phi) is 4.17. The highest BCUT2D eigenvalue weighted by molar-refractivity contribution is 5.66. The van der Waals surface area contributed by atoms with Crippen LogP contribution >= 0.6 is 0 Å². The van der Waals surface area contributed by atoms with Gasteiger partial charge in [0.15, 0.2) is 0 Å². The van der Waals surface area contributed by atoms with Crippen molar-refractivity contribution in [3.05, 3.63) is 39.9 Å². The van der Waals surface area contributed by atoms with Crippen molar-refractivity contribution in [3.8, 4) is 6.07 Å². The van der Waals surface area contributed by atoms with Crippen LogP contribution in [0.1, 0.15) is 25.0 Å². The first-order valence-corrected chi connectivity index (χ1v) is 4.83. The Morgan fingerprint density at radius 2 is 2.12 bits per heavy atom. The lowest BCUT2D eigenvalue weighted by molar-refractivity contribution is -0.384. The van der Waals surface area contributed by atoms with Gasteiger partial charge < -0.3 is 4.74 Å². The molecule has 0 radical (unpaired) electrons. The van der Waals surface area contributed by atoms with Gasteiger partial charge >= 0.3 is 5.97 Å². The van der Waals surface area contributed by atoms with Crippen LogP contribution in [0.15, 0.2) is 24.3 Å². The number of nitriles is 1. The monoisotopic (exact) mass is 234 g/mol. The van der Waals surface area contributed by atoms with E-state index in [2.05, 4.69) is 0 Å². The molecule has 6 nitrogen and oxygen atoms in total. The van der Waals surface area contributed by atoms with Gasteiger partial charge in [0.2, 0.25) is 0 Å². The molecule has 1 atom stereocenters. The topological polar surface area (TPSA) is 93.2 Å². The number of rotatable bonds is 4. The fraction of sp³-hybridized carbons (Fsp3) is 0.273. The minimum atomic E-state index is -0.682. The van der Waals surface area contributed by atoms with Crippen LogP contribution in [0.2, 0.25) is 0 Å². The highest BCUT2D eigenvalue weighted by atomic mass is 16.6. The molecule has 0 N–H and O–H groups in total. The highest BCUT2D eigenvalue weighted by Gasteiger charge is 2.15. The Bertz CT molecular complexity index is 461. The molecule has 0 unspecified atom stereocenters. The van der Waals surface area contributed by atoms with Crippen molar-refractivity contribution in [1.82, 2.24) is 0 Å².